The molecule has 0 unspecified atom stereocenters. The van der Waals surface area contributed by atoms with Crippen molar-refractivity contribution in [1.82, 2.24) is 0 Å². The van der Waals surface area contributed by atoms with Gasteiger partial charge in [0.25, 0.3) is 0 Å². The minimum absolute atomic E-state index is 0.786. The number of nitrogens with zero attached hydrogens (tertiary/aromatic N) is 4. The van der Waals surface area contributed by atoms with Crippen molar-refractivity contribution in [1.29, 1.82) is 0 Å². The standard InChI is InChI=1S/C106H88N4O8/c1-111-97-57-41-89(42-58-97)107(90-43-59-98(112-2)60-44-90)85-33-25-77(26-34-85)73-9-17-81(18-10-73)105(82-19-11-74(12-20-82)78-27-35-86(36-28-78)108(91-45-61-99(113-3)62-46-91)92-47-63-100(114-4)64-48-92)106(83-21-13-75(14-22-83)79-29-37-87(38-30-79)109(93-49-65-101(115-5)66-50-93)94-51-67-102(116-6)68-52-94)84-23-15-76(16-24-84)80-31-39-88(40-32-80)110(95-53-69-103(117-7)70-54-95)96-55-71-104(118-8)72-56-96/h9-72H,1-8H3. The van der Waals surface area contributed by atoms with Crippen LogP contribution in [-0.4, -0.2) is 56.9 Å². The Morgan fingerprint density at radius 1 is 0.127 bits per heavy atom. The lowest BCUT2D eigenvalue weighted by Crippen LogP contribution is -2.09. The molecule has 580 valence electrons. The van der Waals surface area contributed by atoms with Crippen LogP contribution in [0, 0.1) is 0 Å². The number of anilines is 12. The van der Waals surface area contributed by atoms with E-state index in [4.69, 9.17) is 37.9 Å². The van der Waals surface area contributed by atoms with Gasteiger partial charge in [0, 0.05) is 68.2 Å². The predicted molar refractivity (Wildman–Crippen MR) is 484 cm³/mol. The van der Waals surface area contributed by atoms with Crippen molar-refractivity contribution in [2.45, 2.75) is 0 Å². The highest BCUT2D eigenvalue weighted by Crippen LogP contribution is 2.46. The van der Waals surface area contributed by atoms with E-state index in [2.05, 4.69) is 311 Å². The van der Waals surface area contributed by atoms with Crippen LogP contribution in [0.3, 0.4) is 0 Å². The zero-order valence-corrected chi connectivity index (χ0v) is 67.0. The molecule has 118 heavy (non-hydrogen) atoms. The Labute approximate surface area is 690 Å². The number of benzene rings is 16. The first kappa shape index (κ1) is 76.8. The van der Waals surface area contributed by atoms with E-state index >= 15 is 0 Å². The lowest BCUT2D eigenvalue weighted by atomic mass is 9.84. The third-order valence-electron chi connectivity index (χ3n) is 21.4. The molecule has 0 aliphatic rings. The van der Waals surface area contributed by atoms with Gasteiger partial charge in [-0.25, -0.2) is 0 Å². The van der Waals surface area contributed by atoms with Crippen LogP contribution in [0.1, 0.15) is 22.3 Å². The Morgan fingerprint density at radius 2 is 0.220 bits per heavy atom. The number of ether oxygens (including phenoxy) is 8. The normalized spacial score (nSPS) is 10.9. The number of rotatable bonds is 28. The maximum Gasteiger partial charge on any atom is 0.119 e. The summed E-state index contributed by atoms with van der Waals surface area (Å²) in [7, 11) is 13.5. The monoisotopic (exact) mass is 1540 g/mol. The molecule has 0 N–H and O–H groups in total. The highest BCUT2D eigenvalue weighted by Gasteiger charge is 2.23. The lowest BCUT2D eigenvalue weighted by Gasteiger charge is -2.26. The summed E-state index contributed by atoms with van der Waals surface area (Å²) >= 11 is 0. The second kappa shape index (κ2) is 35.5. The molecule has 12 nitrogen and oxygen atoms in total. The van der Waals surface area contributed by atoms with Gasteiger partial charge < -0.3 is 57.5 Å². The molecule has 16 rings (SSSR count). The molecule has 0 saturated carbocycles. The Hall–Kier alpha value is -15.1. The third kappa shape index (κ3) is 16.8. The molecule has 0 bridgehead atoms. The Morgan fingerprint density at radius 3 is 0.322 bits per heavy atom. The van der Waals surface area contributed by atoms with E-state index in [1.165, 1.54) is 0 Å². The van der Waals surface area contributed by atoms with Gasteiger partial charge >= 0.3 is 0 Å². The Bertz CT molecular complexity index is 5070. The maximum atomic E-state index is 5.58. The van der Waals surface area contributed by atoms with E-state index in [1.807, 2.05) is 97.1 Å². The predicted octanol–water partition coefficient (Wildman–Crippen LogP) is 27.3. The second-order valence-corrected chi connectivity index (χ2v) is 28.2. The summed E-state index contributed by atoms with van der Waals surface area (Å²) in [6, 6.07) is 136. The van der Waals surface area contributed by atoms with Gasteiger partial charge in [-0.2, -0.15) is 0 Å². The van der Waals surface area contributed by atoms with Gasteiger partial charge in [-0.1, -0.05) is 146 Å². The summed E-state index contributed by atoms with van der Waals surface area (Å²) in [6.07, 6.45) is 0. The minimum Gasteiger partial charge on any atom is -0.497 e. The summed E-state index contributed by atoms with van der Waals surface area (Å²) in [5.74, 6) is 6.29. The molecule has 0 saturated heterocycles. The molecule has 0 amide bonds. The first-order valence-electron chi connectivity index (χ1n) is 39.0. The van der Waals surface area contributed by atoms with Crippen molar-refractivity contribution in [3.05, 3.63) is 411 Å². The van der Waals surface area contributed by atoms with Gasteiger partial charge in [-0.05, 0) is 321 Å². The summed E-state index contributed by atoms with van der Waals surface area (Å²) in [4.78, 5) is 8.95. The topological polar surface area (TPSA) is 86.8 Å². The third-order valence-corrected chi connectivity index (χ3v) is 21.4. The summed E-state index contributed by atoms with van der Waals surface area (Å²) in [5.41, 5.74) is 26.9. The average molecular weight is 1550 g/mol. The number of hydrogen-bond donors (Lipinski definition) is 0. The van der Waals surface area contributed by atoms with Gasteiger partial charge in [0.1, 0.15) is 46.0 Å². The fourth-order valence-electron chi connectivity index (χ4n) is 15.1. The molecule has 0 aromatic heterocycles. The largest absolute Gasteiger partial charge is 0.497 e. The molecule has 12 heteroatoms. The molecule has 0 radical (unpaired) electrons. The van der Waals surface area contributed by atoms with Crippen molar-refractivity contribution < 1.29 is 37.9 Å². The van der Waals surface area contributed by atoms with Crippen LogP contribution in [0.15, 0.2) is 388 Å². The van der Waals surface area contributed by atoms with Crippen LogP contribution < -0.4 is 57.5 Å². The van der Waals surface area contributed by atoms with Crippen molar-refractivity contribution in [3.8, 4) is 90.5 Å². The summed E-state index contributed by atoms with van der Waals surface area (Å²) in [6.45, 7) is 0. The zero-order valence-electron chi connectivity index (χ0n) is 67.0. The zero-order chi connectivity index (χ0) is 80.9. The van der Waals surface area contributed by atoms with Crippen LogP contribution >= 0.6 is 0 Å². The van der Waals surface area contributed by atoms with Gasteiger partial charge in [-0.3, -0.25) is 0 Å². The molecule has 0 atom stereocenters. The highest BCUT2D eigenvalue weighted by atomic mass is 16.5. The number of methoxy groups -OCH3 is 8. The lowest BCUT2D eigenvalue weighted by molar-refractivity contribution is 0.414. The average Bonchev–Trinajstić information content (AvgIpc) is 0.771. The van der Waals surface area contributed by atoms with Crippen LogP contribution in [0.2, 0.25) is 0 Å². The van der Waals surface area contributed by atoms with E-state index in [0.717, 1.165) is 192 Å². The molecule has 0 heterocycles. The molecule has 16 aromatic rings. The molecular weight excluding hydrogens is 1460 g/mol. The first-order valence-corrected chi connectivity index (χ1v) is 39.0. The Balaban J connectivity index is 0.809. The van der Waals surface area contributed by atoms with E-state index in [-0.39, 0.29) is 0 Å². The highest BCUT2D eigenvalue weighted by molar-refractivity contribution is 6.05. The SMILES string of the molecule is COc1ccc(N(c2ccc(OC)cc2)c2ccc(-c3ccc(C(=C(c4ccc(-c5ccc(N(c6ccc(OC)cc6)c6ccc(OC)cc6)cc5)cc4)c4ccc(-c5ccc(N(c6ccc(OC)cc6)c6ccc(OC)cc6)cc5)cc4)c4ccc(-c5ccc(N(c6ccc(OC)cc6)c6ccc(OC)cc6)cc5)cc4)cc3)cc2)cc1. The van der Waals surface area contributed by atoms with Crippen molar-refractivity contribution in [3.63, 3.8) is 0 Å². The van der Waals surface area contributed by atoms with Crippen LogP contribution in [0.4, 0.5) is 68.2 Å². The molecule has 0 fully saturated rings. The summed E-state index contributed by atoms with van der Waals surface area (Å²) in [5, 5.41) is 0. The van der Waals surface area contributed by atoms with Gasteiger partial charge in [-0.15, -0.1) is 0 Å². The maximum absolute atomic E-state index is 5.58. The van der Waals surface area contributed by atoms with Gasteiger partial charge in [0.2, 0.25) is 0 Å². The van der Waals surface area contributed by atoms with Crippen molar-refractivity contribution >= 4 is 79.4 Å². The summed E-state index contributed by atoms with van der Waals surface area (Å²) < 4.78 is 44.7. The van der Waals surface area contributed by atoms with Crippen LogP contribution in [0.25, 0.3) is 55.7 Å². The van der Waals surface area contributed by atoms with E-state index in [1.54, 1.807) is 56.9 Å². The fourth-order valence-corrected chi connectivity index (χ4v) is 15.1. The Kier molecular flexibility index (Phi) is 23.1. The van der Waals surface area contributed by atoms with E-state index in [9.17, 15) is 0 Å². The van der Waals surface area contributed by atoms with Crippen molar-refractivity contribution in [2.24, 2.45) is 0 Å². The van der Waals surface area contributed by atoms with E-state index < -0.39 is 0 Å². The van der Waals surface area contributed by atoms with Gasteiger partial charge in [0.15, 0.2) is 0 Å². The number of hydrogen-bond acceptors (Lipinski definition) is 12. The molecule has 16 aromatic carbocycles. The first-order chi connectivity index (χ1) is 58.1. The van der Waals surface area contributed by atoms with Gasteiger partial charge in [0.05, 0.1) is 56.9 Å². The molecular formula is C106H88N4O8. The van der Waals surface area contributed by atoms with E-state index in [0.29, 0.717) is 0 Å². The quantitative estimate of drug-likeness (QED) is 0.0438. The van der Waals surface area contributed by atoms with Crippen LogP contribution in [0.5, 0.6) is 46.0 Å². The minimum atomic E-state index is 0.786. The molecule has 0 aliphatic carbocycles. The van der Waals surface area contributed by atoms with Crippen LogP contribution in [-0.2, 0) is 0 Å². The molecule has 0 spiro atoms. The molecule has 0 aliphatic heterocycles. The smallest absolute Gasteiger partial charge is 0.119 e. The van der Waals surface area contributed by atoms with Crippen molar-refractivity contribution in [2.75, 3.05) is 76.5 Å². The second-order valence-electron chi connectivity index (χ2n) is 28.2. The fraction of sp³-hybridized carbons (Fsp3) is 0.0755.